The number of benzene rings is 1. The molecule has 0 fully saturated rings. The Morgan fingerprint density at radius 1 is 0.933 bits per heavy atom. The molecule has 0 amide bonds. The van der Waals surface area contributed by atoms with E-state index < -0.39 is 0 Å². The number of aromatic amines is 1. The Labute approximate surface area is 88.5 Å². The van der Waals surface area contributed by atoms with Crippen molar-refractivity contribution in [2.24, 2.45) is 0 Å². The van der Waals surface area contributed by atoms with Crippen molar-refractivity contribution in [3.8, 4) is 0 Å². The molecule has 1 aliphatic carbocycles. The molecule has 15 heavy (non-hydrogen) atoms. The summed E-state index contributed by atoms with van der Waals surface area (Å²) in [6.45, 7) is 0. The Morgan fingerprint density at radius 3 is 2.47 bits per heavy atom. The fraction of sp³-hybridized carbons (Fsp3) is 0.333. The van der Waals surface area contributed by atoms with Gasteiger partial charge in [0.05, 0.1) is 11.4 Å². The lowest BCUT2D eigenvalue weighted by atomic mass is 9.94. The third kappa shape index (κ3) is 1.54. The topological polar surface area (TPSA) is 41.6 Å². The Bertz CT molecular complexity index is 432. The number of hydrogen-bond donors (Lipinski definition) is 1. The van der Waals surface area contributed by atoms with E-state index in [1.165, 1.54) is 16.8 Å². The third-order valence-corrected chi connectivity index (χ3v) is 3.10. The number of aromatic nitrogens is 3. The van der Waals surface area contributed by atoms with E-state index in [0.717, 1.165) is 31.4 Å². The summed E-state index contributed by atoms with van der Waals surface area (Å²) in [6, 6.07) is 8.68. The van der Waals surface area contributed by atoms with Crippen LogP contribution in [0, 0.1) is 0 Å². The Balaban J connectivity index is 1.96. The van der Waals surface area contributed by atoms with Gasteiger partial charge < -0.3 is 0 Å². The first-order valence-corrected chi connectivity index (χ1v) is 5.39. The van der Waals surface area contributed by atoms with Crippen molar-refractivity contribution in [1.82, 2.24) is 15.4 Å². The van der Waals surface area contributed by atoms with Gasteiger partial charge in [0.15, 0.2) is 0 Å². The fourth-order valence-corrected chi connectivity index (χ4v) is 2.23. The molecule has 0 aliphatic heterocycles. The average molecular weight is 199 g/mol. The number of nitrogens with zero attached hydrogens (tertiary/aromatic N) is 2. The second-order valence-electron chi connectivity index (χ2n) is 4.01. The van der Waals surface area contributed by atoms with Gasteiger partial charge in [-0.2, -0.15) is 0 Å². The van der Waals surface area contributed by atoms with Crippen molar-refractivity contribution in [2.45, 2.75) is 25.7 Å². The molecule has 0 spiro atoms. The average Bonchev–Trinajstić information content (AvgIpc) is 2.68. The van der Waals surface area contributed by atoms with Crippen LogP contribution >= 0.6 is 0 Å². The Hall–Kier alpha value is -1.64. The molecule has 1 aliphatic rings. The van der Waals surface area contributed by atoms with Crippen LogP contribution in [-0.2, 0) is 25.7 Å². The molecule has 0 unspecified atom stereocenters. The summed E-state index contributed by atoms with van der Waals surface area (Å²) in [7, 11) is 0. The van der Waals surface area contributed by atoms with Gasteiger partial charge in [-0.05, 0) is 36.8 Å². The Kier molecular flexibility index (Phi) is 2.02. The maximum atomic E-state index is 4.13. The SMILES string of the molecule is c1ccc2c(c1)CCc1nn[nH]c1CC2. The molecule has 2 aromatic rings. The van der Waals surface area contributed by atoms with Crippen LogP contribution in [0.15, 0.2) is 24.3 Å². The number of hydrogen-bond acceptors (Lipinski definition) is 2. The van der Waals surface area contributed by atoms with Crippen LogP contribution in [0.2, 0.25) is 0 Å². The van der Waals surface area contributed by atoms with Gasteiger partial charge in [-0.25, -0.2) is 0 Å². The molecule has 1 aromatic carbocycles. The minimum absolute atomic E-state index is 1.00. The summed E-state index contributed by atoms with van der Waals surface area (Å²) >= 11 is 0. The fourth-order valence-electron chi connectivity index (χ4n) is 2.23. The zero-order valence-electron chi connectivity index (χ0n) is 8.53. The maximum absolute atomic E-state index is 4.13. The number of H-pyrrole nitrogens is 1. The molecule has 1 heterocycles. The predicted octanol–water partition coefficient (Wildman–Crippen LogP) is 1.69. The van der Waals surface area contributed by atoms with Gasteiger partial charge in [0.25, 0.3) is 0 Å². The van der Waals surface area contributed by atoms with Crippen molar-refractivity contribution in [2.75, 3.05) is 0 Å². The molecule has 1 aromatic heterocycles. The summed E-state index contributed by atoms with van der Waals surface area (Å²) in [6.07, 6.45) is 4.20. The van der Waals surface area contributed by atoms with Gasteiger partial charge in [-0.3, -0.25) is 5.10 Å². The second kappa shape index (κ2) is 3.50. The van der Waals surface area contributed by atoms with Crippen LogP contribution in [0.5, 0.6) is 0 Å². The zero-order chi connectivity index (χ0) is 10.1. The van der Waals surface area contributed by atoms with Gasteiger partial charge in [-0.15, -0.1) is 5.10 Å². The predicted molar refractivity (Wildman–Crippen MR) is 57.6 cm³/mol. The highest BCUT2D eigenvalue weighted by molar-refractivity contribution is 5.30. The summed E-state index contributed by atoms with van der Waals surface area (Å²) in [5.41, 5.74) is 5.29. The molecule has 0 atom stereocenters. The highest BCUT2D eigenvalue weighted by Crippen LogP contribution is 2.18. The molecule has 1 N–H and O–H groups in total. The number of rotatable bonds is 0. The molecule has 3 rings (SSSR count). The van der Waals surface area contributed by atoms with Crippen molar-refractivity contribution in [1.29, 1.82) is 0 Å². The monoisotopic (exact) mass is 199 g/mol. The summed E-state index contributed by atoms with van der Waals surface area (Å²) in [4.78, 5) is 0. The minimum atomic E-state index is 1.00. The van der Waals surface area contributed by atoms with Gasteiger partial charge in [0.2, 0.25) is 0 Å². The summed E-state index contributed by atoms with van der Waals surface area (Å²) in [5, 5.41) is 11.0. The van der Waals surface area contributed by atoms with Crippen LogP contribution in [0.4, 0.5) is 0 Å². The molecule has 3 heteroatoms. The molecular weight excluding hydrogens is 186 g/mol. The van der Waals surface area contributed by atoms with E-state index in [-0.39, 0.29) is 0 Å². The number of aryl methyl sites for hydroxylation is 4. The normalized spacial score (nSPS) is 14.9. The molecule has 0 saturated heterocycles. The number of nitrogens with one attached hydrogen (secondary N) is 1. The smallest absolute Gasteiger partial charge is 0.0859 e. The minimum Gasteiger partial charge on any atom is -0.262 e. The van der Waals surface area contributed by atoms with Gasteiger partial charge >= 0.3 is 0 Å². The molecule has 0 radical (unpaired) electrons. The molecular formula is C12H13N3. The van der Waals surface area contributed by atoms with Gasteiger partial charge in [0.1, 0.15) is 0 Å². The van der Waals surface area contributed by atoms with Crippen LogP contribution in [-0.4, -0.2) is 15.4 Å². The van der Waals surface area contributed by atoms with Crippen molar-refractivity contribution in [3.63, 3.8) is 0 Å². The van der Waals surface area contributed by atoms with E-state index in [0.29, 0.717) is 0 Å². The van der Waals surface area contributed by atoms with Gasteiger partial charge in [-0.1, -0.05) is 29.5 Å². The van der Waals surface area contributed by atoms with Crippen LogP contribution in [0.3, 0.4) is 0 Å². The lowest BCUT2D eigenvalue weighted by Gasteiger charge is -2.12. The van der Waals surface area contributed by atoms with Crippen LogP contribution in [0.25, 0.3) is 0 Å². The third-order valence-electron chi connectivity index (χ3n) is 3.10. The Morgan fingerprint density at radius 2 is 1.67 bits per heavy atom. The van der Waals surface area contributed by atoms with E-state index >= 15 is 0 Å². The van der Waals surface area contributed by atoms with Crippen LogP contribution in [0.1, 0.15) is 22.5 Å². The van der Waals surface area contributed by atoms with Crippen LogP contribution < -0.4 is 0 Å². The standard InChI is InChI=1S/C12H13N3/c1-2-4-10-6-8-12-11(13-15-14-12)7-5-9(10)3-1/h1-4H,5-8H2,(H,13,14,15). The van der Waals surface area contributed by atoms with E-state index in [1.54, 1.807) is 0 Å². The van der Waals surface area contributed by atoms with Crippen molar-refractivity contribution >= 4 is 0 Å². The van der Waals surface area contributed by atoms with E-state index in [1.807, 2.05) is 0 Å². The molecule has 3 nitrogen and oxygen atoms in total. The van der Waals surface area contributed by atoms with Gasteiger partial charge in [0, 0.05) is 0 Å². The zero-order valence-corrected chi connectivity index (χ0v) is 8.53. The lowest BCUT2D eigenvalue weighted by Crippen LogP contribution is -2.06. The second-order valence-corrected chi connectivity index (χ2v) is 4.01. The summed E-state index contributed by atoms with van der Waals surface area (Å²) < 4.78 is 0. The van der Waals surface area contributed by atoms with Crippen molar-refractivity contribution < 1.29 is 0 Å². The summed E-state index contributed by atoms with van der Waals surface area (Å²) in [5.74, 6) is 0. The molecule has 0 saturated carbocycles. The highest BCUT2D eigenvalue weighted by Gasteiger charge is 2.13. The highest BCUT2D eigenvalue weighted by atomic mass is 15.3. The number of fused-ring (bicyclic) bond motifs is 2. The first kappa shape index (κ1) is 8.65. The maximum Gasteiger partial charge on any atom is 0.0859 e. The molecule has 76 valence electrons. The van der Waals surface area contributed by atoms with Crippen molar-refractivity contribution in [3.05, 3.63) is 46.8 Å². The lowest BCUT2D eigenvalue weighted by molar-refractivity contribution is 0.813. The first-order valence-electron chi connectivity index (χ1n) is 5.39. The quantitative estimate of drug-likeness (QED) is 0.701. The van der Waals surface area contributed by atoms with E-state index in [4.69, 9.17) is 0 Å². The van der Waals surface area contributed by atoms with E-state index in [9.17, 15) is 0 Å². The molecule has 0 bridgehead atoms. The largest absolute Gasteiger partial charge is 0.262 e. The van der Waals surface area contributed by atoms with E-state index in [2.05, 4.69) is 39.7 Å². The first-order chi connectivity index (χ1) is 7.43.